The Morgan fingerprint density at radius 3 is 2.68 bits per heavy atom. The fourth-order valence-corrected chi connectivity index (χ4v) is 4.61. The lowest BCUT2D eigenvalue weighted by molar-refractivity contribution is -0.119. The lowest BCUT2D eigenvalue weighted by Crippen LogP contribution is -2.46. The number of nitrogens with zero attached hydrogens (tertiary/aromatic N) is 2. The first-order valence-corrected chi connectivity index (χ1v) is 12.5. The number of phenols is 1. The summed E-state index contributed by atoms with van der Waals surface area (Å²) in [7, 11) is 1.58. The maximum atomic E-state index is 14.2. The first-order chi connectivity index (χ1) is 17.9. The average molecular weight is 527 g/mol. The maximum absolute atomic E-state index is 14.2. The van der Waals surface area contributed by atoms with Gasteiger partial charge in [0.15, 0.2) is 5.78 Å². The highest BCUT2D eigenvalue weighted by molar-refractivity contribution is 5.89. The maximum Gasteiger partial charge on any atom is 0.317 e. The predicted octanol–water partition coefficient (Wildman–Crippen LogP) is 3.95. The molecule has 3 aromatic rings. The highest BCUT2D eigenvalue weighted by Crippen LogP contribution is 2.32. The van der Waals surface area contributed by atoms with E-state index < -0.39 is 29.5 Å². The molecule has 202 valence electrons. The van der Waals surface area contributed by atoms with Crippen molar-refractivity contribution in [2.24, 2.45) is 0 Å². The molecule has 1 aliphatic heterocycles. The molecule has 2 amide bonds. The van der Waals surface area contributed by atoms with Crippen LogP contribution in [0.4, 0.5) is 13.6 Å². The van der Waals surface area contributed by atoms with E-state index in [1.54, 1.807) is 45.3 Å². The van der Waals surface area contributed by atoms with Gasteiger partial charge in [0.25, 0.3) is 0 Å². The number of amides is 2. The van der Waals surface area contributed by atoms with Gasteiger partial charge >= 0.3 is 6.03 Å². The van der Waals surface area contributed by atoms with E-state index >= 15 is 0 Å². The van der Waals surface area contributed by atoms with E-state index in [0.717, 1.165) is 6.07 Å². The first kappa shape index (κ1) is 27.4. The van der Waals surface area contributed by atoms with E-state index in [1.807, 2.05) is 0 Å². The highest BCUT2D eigenvalue weighted by atomic mass is 19.1. The molecular formula is C28H32F2N4O4. The Kier molecular flexibility index (Phi) is 7.94. The van der Waals surface area contributed by atoms with Crippen molar-refractivity contribution < 1.29 is 28.6 Å². The minimum Gasteiger partial charge on any atom is -0.507 e. The average Bonchev–Trinajstić information content (AvgIpc) is 3.66. The Labute approximate surface area is 219 Å². The number of ketones is 1. The molecule has 0 radical (unpaired) electrons. The number of aliphatic hydroxyl groups is 1. The summed E-state index contributed by atoms with van der Waals surface area (Å²) in [5.41, 5.74) is -0.137. The van der Waals surface area contributed by atoms with Crippen LogP contribution in [0.2, 0.25) is 0 Å². The number of aromatic hydroxyl groups is 1. The van der Waals surface area contributed by atoms with Gasteiger partial charge in [-0.1, -0.05) is 18.2 Å². The number of rotatable bonds is 10. The van der Waals surface area contributed by atoms with Crippen LogP contribution >= 0.6 is 0 Å². The number of Topliss-reactive ketones (excluding diaryl/α,β-unsaturated/α-hetero) is 1. The van der Waals surface area contributed by atoms with Crippen molar-refractivity contribution in [1.82, 2.24) is 20.5 Å². The number of nitrogens with one attached hydrogen (secondary N) is 2. The monoisotopic (exact) mass is 526 g/mol. The van der Waals surface area contributed by atoms with Gasteiger partial charge in [0, 0.05) is 54.7 Å². The number of hydrogen-bond donors (Lipinski definition) is 4. The molecule has 0 aliphatic carbocycles. The van der Waals surface area contributed by atoms with Crippen molar-refractivity contribution in [3.63, 3.8) is 0 Å². The van der Waals surface area contributed by atoms with Crippen LogP contribution in [0.15, 0.2) is 48.7 Å². The fourth-order valence-electron chi connectivity index (χ4n) is 4.61. The van der Waals surface area contributed by atoms with Crippen LogP contribution in [-0.4, -0.2) is 56.6 Å². The number of fused-ring (bicyclic) bond motifs is 1. The summed E-state index contributed by atoms with van der Waals surface area (Å²) < 4.78 is 27.4. The van der Waals surface area contributed by atoms with Crippen LogP contribution in [0.25, 0.3) is 10.8 Å². The lowest BCUT2D eigenvalue weighted by Gasteiger charge is -2.32. The van der Waals surface area contributed by atoms with Gasteiger partial charge < -0.3 is 20.4 Å². The van der Waals surface area contributed by atoms with Crippen molar-refractivity contribution in [1.29, 1.82) is 0 Å². The molecule has 4 rings (SSSR count). The number of urea groups is 1. The molecule has 8 nitrogen and oxygen atoms in total. The zero-order valence-electron chi connectivity index (χ0n) is 21.5. The summed E-state index contributed by atoms with van der Waals surface area (Å²) in [6, 6.07) is 8.31. The topological polar surface area (TPSA) is 125 Å². The van der Waals surface area contributed by atoms with Gasteiger partial charge in [0.05, 0.1) is 23.4 Å². The Morgan fingerprint density at radius 1 is 1.21 bits per heavy atom. The highest BCUT2D eigenvalue weighted by Gasteiger charge is 2.44. The van der Waals surface area contributed by atoms with Gasteiger partial charge in [-0.2, -0.15) is 0 Å². The SMILES string of the molecule is CN(C(=O)NCc1ccc(F)cc1O)[C@H](CCC(=O)C1NC1c1cc2c(F)cccc2cn1)CC(C)(C)O. The molecule has 0 saturated carbocycles. The molecule has 2 unspecified atom stereocenters. The van der Waals surface area contributed by atoms with E-state index in [4.69, 9.17) is 0 Å². The number of aromatic nitrogens is 1. The lowest BCUT2D eigenvalue weighted by atomic mass is 9.93. The van der Waals surface area contributed by atoms with E-state index in [-0.39, 0.29) is 42.8 Å². The fraction of sp³-hybridized carbons (Fsp3) is 0.393. The largest absolute Gasteiger partial charge is 0.507 e. The smallest absolute Gasteiger partial charge is 0.317 e. The normalized spacial score (nSPS) is 17.7. The number of halogens is 2. The van der Waals surface area contributed by atoms with Gasteiger partial charge in [-0.15, -0.1) is 0 Å². The number of carbonyl (C=O) groups is 2. The molecule has 3 atom stereocenters. The molecule has 10 heteroatoms. The van der Waals surface area contributed by atoms with Gasteiger partial charge in [0.2, 0.25) is 0 Å². The molecule has 4 N–H and O–H groups in total. The quantitative estimate of drug-likeness (QED) is 0.297. The first-order valence-electron chi connectivity index (χ1n) is 12.5. The van der Waals surface area contributed by atoms with Gasteiger partial charge in [-0.3, -0.25) is 15.1 Å². The summed E-state index contributed by atoms with van der Waals surface area (Å²) in [6.45, 7) is 3.25. The van der Waals surface area contributed by atoms with E-state index in [2.05, 4.69) is 15.6 Å². The van der Waals surface area contributed by atoms with Gasteiger partial charge in [-0.05, 0) is 44.9 Å². The summed E-state index contributed by atoms with van der Waals surface area (Å²) >= 11 is 0. The Balaban J connectivity index is 1.36. The van der Waals surface area contributed by atoms with Crippen molar-refractivity contribution in [2.75, 3.05) is 7.05 Å². The van der Waals surface area contributed by atoms with E-state index in [1.165, 1.54) is 23.1 Å². The minimum absolute atomic E-state index is 0.0174. The van der Waals surface area contributed by atoms with E-state index in [0.29, 0.717) is 28.5 Å². The van der Waals surface area contributed by atoms with Crippen LogP contribution in [0.5, 0.6) is 5.75 Å². The number of hydrogen-bond acceptors (Lipinski definition) is 6. The van der Waals surface area contributed by atoms with Gasteiger partial charge in [-0.25, -0.2) is 13.6 Å². The molecular weight excluding hydrogens is 494 g/mol. The Morgan fingerprint density at radius 2 is 1.97 bits per heavy atom. The number of carbonyl (C=O) groups excluding carboxylic acids is 2. The molecule has 1 saturated heterocycles. The van der Waals surface area contributed by atoms with Gasteiger partial charge in [0.1, 0.15) is 17.4 Å². The molecule has 1 aliphatic rings. The van der Waals surface area contributed by atoms with Crippen LogP contribution < -0.4 is 10.6 Å². The minimum atomic E-state index is -1.09. The van der Waals surface area contributed by atoms with E-state index in [9.17, 15) is 28.6 Å². The van der Waals surface area contributed by atoms with Crippen LogP contribution in [0.3, 0.4) is 0 Å². The van der Waals surface area contributed by atoms with Crippen molar-refractivity contribution in [2.45, 2.75) is 63.4 Å². The molecule has 2 heterocycles. The molecule has 0 spiro atoms. The molecule has 38 heavy (non-hydrogen) atoms. The summed E-state index contributed by atoms with van der Waals surface area (Å²) in [6.07, 6.45) is 2.30. The van der Waals surface area contributed by atoms with Crippen LogP contribution in [-0.2, 0) is 11.3 Å². The van der Waals surface area contributed by atoms with Crippen molar-refractivity contribution in [3.05, 3.63) is 71.6 Å². The molecule has 2 aromatic carbocycles. The summed E-state index contributed by atoms with van der Waals surface area (Å²) in [5.74, 6) is -1.25. The van der Waals surface area contributed by atoms with Crippen LogP contribution in [0.1, 0.15) is 50.4 Å². The molecule has 1 aromatic heterocycles. The van der Waals surface area contributed by atoms with Crippen molar-refractivity contribution in [3.8, 4) is 5.75 Å². The number of phenolic OH excluding ortho intramolecular Hbond substituents is 1. The second-order valence-electron chi connectivity index (χ2n) is 10.4. The zero-order chi connectivity index (χ0) is 27.6. The third-order valence-corrected chi connectivity index (χ3v) is 6.79. The number of benzene rings is 2. The molecule has 1 fully saturated rings. The third-order valence-electron chi connectivity index (χ3n) is 6.79. The Hall–Kier alpha value is -3.63. The zero-order valence-corrected chi connectivity index (χ0v) is 21.5. The molecule has 0 bridgehead atoms. The standard InChI is InChI=1S/C28H32F2N4O4/c1-28(2,38)13-19(34(3)27(37)32-15-17-7-8-18(29)11-24(17)36)9-10-23(35)26-25(33-26)22-12-20-16(14-31-22)5-4-6-21(20)30/h4-8,11-12,14,19,25-26,33,36,38H,9-10,13,15H2,1-3H3,(H,32,37)/t19-,25?,26?/m1/s1. The predicted molar refractivity (Wildman–Crippen MR) is 138 cm³/mol. The summed E-state index contributed by atoms with van der Waals surface area (Å²) in [5, 5.41) is 27.2. The third kappa shape index (κ3) is 6.62. The second kappa shape index (κ2) is 11.0. The van der Waals surface area contributed by atoms with Crippen LogP contribution in [0, 0.1) is 11.6 Å². The van der Waals surface area contributed by atoms with Crippen molar-refractivity contribution >= 4 is 22.6 Å². The number of pyridine rings is 1. The Bertz CT molecular complexity index is 1340. The second-order valence-corrected chi connectivity index (χ2v) is 10.4. The summed E-state index contributed by atoms with van der Waals surface area (Å²) in [4.78, 5) is 31.6.